The highest BCUT2D eigenvalue weighted by Gasteiger charge is 2.07. The normalized spacial score (nSPS) is 11.3. The first kappa shape index (κ1) is 17.0. The first-order valence-corrected chi connectivity index (χ1v) is 8.29. The fraction of sp³-hybridized carbons (Fsp3) is 0.286. The molecule has 0 N–H and O–H groups in total. The van der Waals surface area contributed by atoms with E-state index in [1.54, 1.807) is 12.1 Å². The van der Waals surface area contributed by atoms with Crippen molar-refractivity contribution in [3.8, 4) is 5.75 Å². The van der Waals surface area contributed by atoms with Crippen LogP contribution in [0.1, 0.15) is 44.6 Å². The van der Waals surface area contributed by atoms with Gasteiger partial charge in [-0.25, -0.2) is 0 Å². The van der Waals surface area contributed by atoms with Crippen molar-refractivity contribution in [1.82, 2.24) is 0 Å². The zero-order chi connectivity index (χ0) is 16.3. The van der Waals surface area contributed by atoms with E-state index < -0.39 is 0 Å². The van der Waals surface area contributed by atoms with Crippen LogP contribution in [0.3, 0.4) is 0 Å². The highest BCUT2D eigenvalue weighted by atomic mass is 16.5. The van der Waals surface area contributed by atoms with Crippen LogP contribution in [0.15, 0.2) is 66.7 Å². The van der Waals surface area contributed by atoms with Crippen LogP contribution in [-0.4, -0.2) is 5.97 Å². The van der Waals surface area contributed by atoms with Gasteiger partial charge in [-0.05, 0) is 42.5 Å². The molecule has 0 spiro atoms. The largest absolute Gasteiger partial charge is 0.427 e. The Hall–Kier alpha value is -2.35. The molecule has 0 heterocycles. The van der Waals surface area contributed by atoms with Crippen molar-refractivity contribution in [3.05, 3.63) is 72.3 Å². The molecule has 0 aliphatic heterocycles. The van der Waals surface area contributed by atoms with Gasteiger partial charge in [-0.3, -0.25) is 4.79 Å². The van der Waals surface area contributed by atoms with Crippen molar-refractivity contribution in [2.24, 2.45) is 0 Å². The summed E-state index contributed by atoms with van der Waals surface area (Å²) in [5.74, 6) is 0.446. The lowest BCUT2D eigenvalue weighted by atomic mass is 9.99. The maximum Gasteiger partial charge on any atom is 0.311 e. The Bertz CT molecular complexity index is 615. The van der Waals surface area contributed by atoms with Gasteiger partial charge in [0.15, 0.2) is 0 Å². The second-order valence-electron chi connectivity index (χ2n) is 5.52. The summed E-state index contributed by atoms with van der Waals surface area (Å²) in [6.07, 6.45) is 6.62. The summed E-state index contributed by atoms with van der Waals surface area (Å²) in [5, 5.41) is 0. The molecule has 0 amide bonds. The molecular formula is C21H24O2. The number of rotatable bonds is 8. The van der Waals surface area contributed by atoms with Crippen LogP contribution < -0.4 is 4.74 Å². The van der Waals surface area contributed by atoms with Gasteiger partial charge in [0.1, 0.15) is 5.75 Å². The second-order valence-corrected chi connectivity index (χ2v) is 5.52. The quantitative estimate of drug-likeness (QED) is 0.465. The molecule has 2 aromatic carbocycles. The molecule has 2 aromatic rings. The minimum Gasteiger partial charge on any atom is -0.427 e. The molecule has 0 atom stereocenters. The molecule has 23 heavy (non-hydrogen) atoms. The third kappa shape index (κ3) is 6.11. The number of esters is 1. The molecule has 0 radical (unpaired) electrons. The summed E-state index contributed by atoms with van der Waals surface area (Å²) in [6.45, 7) is 2.18. The number of para-hydroxylation sites is 1. The number of hydrogen-bond acceptors (Lipinski definition) is 2. The molecule has 2 heteroatoms. The van der Waals surface area contributed by atoms with Crippen LogP contribution in [-0.2, 0) is 4.79 Å². The zero-order valence-corrected chi connectivity index (χ0v) is 13.7. The summed E-state index contributed by atoms with van der Waals surface area (Å²) in [5.41, 5.74) is 2.57. The van der Waals surface area contributed by atoms with Crippen molar-refractivity contribution in [2.75, 3.05) is 0 Å². The van der Waals surface area contributed by atoms with Crippen molar-refractivity contribution in [2.45, 2.75) is 39.0 Å². The highest BCUT2D eigenvalue weighted by Crippen LogP contribution is 2.22. The zero-order valence-electron chi connectivity index (χ0n) is 13.7. The van der Waals surface area contributed by atoms with Gasteiger partial charge in [0, 0.05) is 6.42 Å². The number of unbranched alkanes of at least 4 members (excludes halogenated alkanes) is 1. The second kappa shape index (κ2) is 9.62. The minimum absolute atomic E-state index is 0.167. The van der Waals surface area contributed by atoms with Crippen molar-refractivity contribution in [1.29, 1.82) is 0 Å². The number of carbonyl (C=O) groups is 1. The van der Waals surface area contributed by atoms with Gasteiger partial charge in [0.05, 0.1) is 0 Å². The summed E-state index contributed by atoms with van der Waals surface area (Å²) >= 11 is 0. The van der Waals surface area contributed by atoms with E-state index in [4.69, 9.17) is 4.74 Å². The van der Waals surface area contributed by atoms with Gasteiger partial charge in [-0.15, -0.1) is 0 Å². The Kier molecular flexibility index (Phi) is 7.12. The molecule has 0 aliphatic rings. The number of allylic oxidation sites excluding steroid dienone is 2. The van der Waals surface area contributed by atoms with E-state index in [-0.39, 0.29) is 5.97 Å². The fourth-order valence-corrected chi connectivity index (χ4v) is 2.43. The number of ether oxygens (including phenoxy) is 1. The van der Waals surface area contributed by atoms with E-state index in [1.165, 1.54) is 11.1 Å². The topological polar surface area (TPSA) is 26.3 Å². The SMILES string of the molecule is CCCC=C(CCCC(=O)Oc1ccccc1)c1ccccc1. The van der Waals surface area contributed by atoms with E-state index in [2.05, 4.69) is 37.3 Å². The summed E-state index contributed by atoms with van der Waals surface area (Å²) in [7, 11) is 0. The van der Waals surface area contributed by atoms with Crippen LogP contribution in [0.25, 0.3) is 5.57 Å². The van der Waals surface area contributed by atoms with Crippen molar-refractivity contribution >= 4 is 11.5 Å². The van der Waals surface area contributed by atoms with Gasteiger partial charge in [0.2, 0.25) is 0 Å². The van der Waals surface area contributed by atoms with Crippen LogP contribution in [0.2, 0.25) is 0 Å². The lowest BCUT2D eigenvalue weighted by molar-refractivity contribution is -0.134. The smallest absolute Gasteiger partial charge is 0.311 e. The Morgan fingerprint density at radius 2 is 1.61 bits per heavy atom. The van der Waals surface area contributed by atoms with Crippen molar-refractivity contribution < 1.29 is 9.53 Å². The average Bonchev–Trinajstić information content (AvgIpc) is 2.59. The predicted molar refractivity (Wildman–Crippen MR) is 95.3 cm³/mol. The molecule has 0 saturated carbocycles. The van der Waals surface area contributed by atoms with Crippen molar-refractivity contribution in [3.63, 3.8) is 0 Å². The maximum absolute atomic E-state index is 11.9. The third-order valence-corrected chi connectivity index (χ3v) is 3.63. The third-order valence-electron chi connectivity index (χ3n) is 3.63. The van der Waals surface area contributed by atoms with Gasteiger partial charge in [0.25, 0.3) is 0 Å². The summed E-state index contributed by atoms with van der Waals surface area (Å²) in [6, 6.07) is 19.6. The summed E-state index contributed by atoms with van der Waals surface area (Å²) < 4.78 is 5.32. The Morgan fingerprint density at radius 1 is 0.957 bits per heavy atom. The number of carbonyl (C=O) groups excluding carboxylic acids is 1. The molecule has 0 bridgehead atoms. The lowest BCUT2D eigenvalue weighted by Gasteiger charge is -2.08. The Labute approximate surface area is 138 Å². The van der Waals surface area contributed by atoms with Crippen LogP contribution in [0.4, 0.5) is 0 Å². The number of benzene rings is 2. The van der Waals surface area contributed by atoms with E-state index in [0.717, 1.165) is 25.7 Å². The minimum atomic E-state index is -0.167. The maximum atomic E-state index is 11.9. The molecule has 0 aromatic heterocycles. The first-order chi connectivity index (χ1) is 11.3. The molecule has 2 nitrogen and oxygen atoms in total. The summed E-state index contributed by atoms with van der Waals surface area (Å²) in [4.78, 5) is 11.9. The molecule has 0 saturated heterocycles. The van der Waals surface area contributed by atoms with Gasteiger partial charge in [-0.2, -0.15) is 0 Å². The fourth-order valence-electron chi connectivity index (χ4n) is 2.43. The lowest BCUT2D eigenvalue weighted by Crippen LogP contribution is -2.07. The van der Waals surface area contributed by atoms with E-state index >= 15 is 0 Å². The first-order valence-electron chi connectivity index (χ1n) is 8.29. The molecule has 0 fully saturated rings. The van der Waals surface area contributed by atoms with Gasteiger partial charge in [-0.1, -0.05) is 68.0 Å². The monoisotopic (exact) mass is 308 g/mol. The van der Waals surface area contributed by atoms with Crippen LogP contribution in [0, 0.1) is 0 Å². The molecule has 0 aliphatic carbocycles. The van der Waals surface area contributed by atoms with E-state index in [1.807, 2.05) is 24.3 Å². The predicted octanol–water partition coefficient (Wildman–Crippen LogP) is 5.65. The molecular weight excluding hydrogens is 284 g/mol. The Morgan fingerprint density at radius 3 is 2.26 bits per heavy atom. The molecule has 0 unspecified atom stereocenters. The Balaban J connectivity index is 1.85. The van der Waals surface area contributed by atoms with Crippen LogP contribution >= 0.6 is 0 Å². The van der Waals surface area contributed by atoms with Gasteiger partial charge >= 0.3 is 5.97 Å². The van der Waals surface area contributed by atoms with Gasteiger partial charge < -0.3 is 4.74 Å². The van der Waals surface area contributed by atoms with E-state index in [0.29, 0.717) is 12.2 Å². The number of hydrogen-bond donors (Lipinski definition) is 0. The van der Waals surface area contributed by atoms with Crippen LogP contribution in [0.5, 0.6) is 5.75 Å². The van der Waals surface area contributed by atoms with E-state index in [9.17, 15) is 4.79 Å². The highest BCUT2D eigenvalue weighted by molar-refractivity contribution is 5.73. The molecule has 2 rings (SSSR count). The average molecular weight is 308 g/mol. The molecule has 120 valence electrons. The standard InChI is InChI=1S/C21H24O2/c1-2-3-11-18(19-12-6-4-7-13-19)14-10-17-21(22)23-20-15-8-5-9-16-20/h4-9,11-13,15-16H,2-3,10,14,17H2,1H3.